The molecule has 0 aliphatic carbocycles. The molecule has 3 N–H and O–H groups in total. The Morgan fingerprint density at radius 3 is 2.21 bits per heavy atom. The first kappa shape index (κ1) is 32.2. The molecule has 9 nitrogen and oxygen atoms in total. The topological polar surface area (TPSA) is 123 Å². The number of ether oxygens (including phenoxy) is 3. The SMILES string of the molecule is CCOC(=O)[C@@H]1NP(=O)(COc2cc(C)c(Cc3ccc(O)c(Cc4ccc(F)cc4)c3)c(C)c2)N[C@@]1(C)C(=O)OCC. The zero-order valence-electron chi connectivity index (χ0n) is 25.0. The maximum absolute atomic E-state index is 13.7. The number of halogens is 1. The molecule has 3 aromatic carbocycles. The fraction of sp³-hybridized carbons (Fsp3) is 0.375. The van der Waals surface area contributed by atoms with E-state index in [2.05, 4.69) is 10.2 Å². The number of esters is 2. The molecule has 1 aliphatic heterocycles. The average Bonchev–Trinajstić information content (AvgIpc) is 3.25. The number of hydrogen-bond donors (Lipinski definition) is 3. The van der Waals surface area contributed by atoms with Crippen molar-refractivity contribution in [1.29, 1.82) is 0 Å². The van der Waals surface area contributed by atoms with Gasteiger partial charge >= 0.3 is 11.9 Å². The van der Waals surface area contributed by atoms with Gasteiger partial charge in [0.1, 0.15) is 28.9 Å². The zero-order valence-corrected chi connectivity index (χ0v) is 25.9. The third-order valence-electron chi connectivity index (χ3n) is 7.46. The van der Waals surface area contributed by atoms with Crippen LogP contribution in [0.15, 0.2) is 54.6 Å². The minimum Gasteiger partial charge on any atom is -0.508 e. The maximum atomic E-state index is 13.7. The molecule has 0 bridgehead atoms. The average molecular weight is 613 g/mol. The lowest BCUT2D eigenvalue weighted by molar-refractivity contribution is -0.157. The number of aryl methyl sites for hydroxylation is 2. The first-order valence-electron chi connectivity index (χ1n) is 14.2. The van der Waals surface area contributed by atoms with Gasteiger partial charge in [0.05, 0.1) is 13.2 Å². The zero-order chi connectivity index (χ0) is 31.4. The lowest BCUT2D eigenvalue weighted by Gasteiger charge is -2.26. The van der Waals surface area contributed by atoms with Crippen LogP contribution in [0.2, 0.25) is 0 Å². The summed E-state index contributed by atoms with van der Waals surface area (Å²) in [4.78, 5) is 25.4. The summed E-state index contributed by atoms with van der Waals surface area (Å²) < 4.78 is 43.2. The van der Waals surface area contributed by atoms with E-state index in [1.807, 2.05) is 38.1 Å². The van der Waals surface area contributed by atoms with Crippen molar-refractivity contribution in [2.45, 2.75) is 59.0 Å². The summed E-state index contributed by atoms with van der Waals surface area (Å²) in [6.45, 7) is 8.85. The van der Waals surface area contributed by atoms with Crippen LogP contribution in [0.1, 0.15) is 54.2 Å². The highest BCUT2D eigenvalue weighted by Gasteiger charge is 2.58. The standard InChI is InChI=1S/C32H38FN2O7P/c1-6-40-30(37)29-32(5,31(38)41-7-2)35-43(39,34-29)19-42-26-14-20(3)27(21(4)15-26)18-23-10-13-28(36)24(17-23)16-22-8-11-25(33)12-9-22/h8-15,17,29,36H,6-7,16,18-19H2,1-5H3,(H2,34,35,39)/t29-,32+,43?/m0/s1. The van der Waals surface area contributed by atoms with E-state index in [1.165, 1.54) is 19.1 Å². The molecule has 3 atom stereocenters. The third kappa shape index (κ3) is 7.44. The van der Waals surface area contributed by atoms with Crippen molar-refractivity contribution in [3.63, 3.8) is 0 Å². The summed E-state index contributed by atoms with van der Waals surface area (Å²) >= 11 is 0. The van der Waals surface area contributed by atoms with Crippen molar-refractivity contribution in [1.82, 2.24) is 10.2 Å². The van der Waals surface area contributed by atoms with E-state index in [0.717, 1.165) is 33.4 Å². The summed E-state index contributed by atoms with van der Waals surface area (Å²) in [6, 6.07) is 14.2. The molecule has 0 radical (unpaired) electrons. The van der Waals surface area contributed by atoms with E-state index in [-0.39, 0.29) is 31.1 Å². The van der Waals surface area contributed by atoms with Gasteiger partial charge < -0.3 is 19.3 Å². The van der Waals surface area contributed by atoms with Crippen molar-refractivity contribution >= 4 is 19.4 Å². The summed E-state index contributed by atoms with van der Waals surface area (Å²) in [7, 11) is -3.58. The van der Waals surface area contributed by atoms with Gasteiger partial charge in [0, 0.05) is 6.42 Å². The fourth-order valence-electron chi connectivity index (χ4n) is 5.24. The molecule has 230 valence electrons. The maximum Gasteiger partial charge on any atom is 0.328 e. The van der Waals surface area contributed by atoms with Gasteiger partial charge in [-0.1, -0.05) is 24.3 Å². The van der Waals surface area contributed by atoms with Crippen LogP contribution in [0.5, 0.6) is 11.5 Å². The second-order valence-corrected chi connectivity index (χ2v) is 13.1. The Morgan fingerprint density at radius 1 is 0.953 bits per heavy atom. The van der Waals surface area contributed by atoms with Crippen LogP contribution in [-0.2, 0) is 36.5 Å². The van der Waals surface area contributed by atoms with Gasteiger partial charge in [-0.2, -0.15) is 0 Å². The van der Waals surface area contributed by atoms with E-state index in [0.29, 0.717) is 18.6 Å². The van der Waals surface area contributed by atoms with Gasteiger partial charge in [-0.05, 0) is 105 Å². The Bertz CT molecular complexity index is 1520. The van der Waals surface area contributed by atoms with Crippen molar-refractivity contribution in [3.05, 3.63) is 93.8 Å². The van der Waals surface area contributed by atoms with E-state index >= 15 is 0 Å². The summed E-state index contributed by atoms with van der Waals surface area (Å²) in [5.74, 6) is -1.07. The lowest BCUT2D eigenvalue weighted by Crippen LogP contribution is -2.57. The Hall–Kier alpha value is -3.72. The number of hydrogen-bond acceptors (Lipinski definition) is 7. The smallest absolute Gasteiger partial charge is 0.328 e. The quantitative estimate of drug-likeness (QED) is 0.195. The molecule has 0 aromatic heterocycles. The van der Waals surface area contributed by atoms with E-state index in [4.69, 9.17) is 14.2 Å². The molecule has 0 amide bonds. The lowest BCUT2D eigenvalue weighted by atomic mass is 9.93. The highest BCUT2D eigenvalue weighted by Crippen LogP contribution is 2.47. The van der Waals surface area contributed by atoms with Gasteiger partial charge in [0.15, 0.2) is 6.35 Å². The summed E-state index contributed by atoms with van der Waals surface area (Å²) in [5.41, 5.74) is 4.02. The highest BCUT2D eigenvalue weighted by atomic mass is 31.2. The second-order valence-electron chi connectivity index (χ2n) is 10.8. The predicted molar refractivity (Wildman–Crippen MR) is 161 cm³/mol. The molecule has 43 heavy (non-hydrogen) atoms. The predicted octanol–water partition coefficient (Wildman–Crippen LogP) is 5.31. The molecule has 4 rings (SSSR count). The fourth-order valence-corrected chi connectivity index (χ4v) is 7.52. The number of carbonyl (C=O) groups is 2. The Kier molecular flexibility index (Phi) is 9.95. The monoisotopic (exact) mass is 612 g/mol. The van der Waals surface area contributed by atoms with Crippen LogP contribution < -0.4 is 14.9 Å². The summed E-state index contributed by atoms with van der Waals surface area (Å²) in [6.07, 6.45) is 0.759. The molecule has 3 aromatic rings. The van der Waals surface area contributed by atoms with Crippen molar-refractivity contribution in [2.75, 3.05) is 19.6 Å². The molecular weight excluding hydrogens is 574 g/mol. The minimum atomic E-state index is -3.58. The van der Waals surface area contributed by atoms with Gasteiger partial charge in [0.25, 0.3) is 0 Å². The minimum absolute atomic E-state index is 0.0943. The number of rotatable bonds is 11. The van der Waals surface area contributed by atoms with Crippen LogP contribution >= 0.6 is 7.44 Å². The molecule has 0 saturated carbocycles. The first-order chi connectivity index (χ1) is 20.4. The number of aromatic hydroxyl groups is 1. The van der Waals surface area contributed by atoms with E-state index in [9.17, 15) is 23.7 Å². The molecule has 11 heteroatoms. The van der Waals surface area contributed by atoms with E-state index in [1.54, 1.807) is 32.0 Å². The van der Waals surface area contributed by atoms with Crippen LogP contribution in [-0.4, -0.2) is 48.2 Å². The number of benzene rings is 3. The van der Waals surface area contributed by atoms with Gasteiger partial charge in [0.2, 0.25) is 7.44 Å². The van der Waals surface area contributed by atoms with E-state index < -0.39 is 31.0 Å². The van der Waals surface area contributed by atoms with Crippen LogP contribution in [0, 0.1) is 19.7 Å². The highest BCUT2D eigenvalue weighted by molar-refractivity contribution is 7.60. The number of carbonyl (C=O) groups excluding carboxylic acids is 2. The van der Waals surface area contributed by atoms with Crippen LogP contribution in [0.3, 0.4) is 0 Å². The molecular formula is C32H38FN2O7P. The van der Waals surface area contributed by atoms with Gasteiger partial charge in [-0.3, -0.25) is 9.36 Å². The number of nitrogens with one attached hydrogen (secondary N) is 2. The molecule has 1 aliphatic rings. The van der Waals surface area contributed by atoms with Crippen molar-refractivity contribution in [3.8, 4) is 11.5 Å². The number of phenolic OH excluding ortho intramolecular Hbond substituents is 1. The molecule has 0 spiro atoms. The van der Waals surface area contributed by atoms with Crippen molar-refractivity contribution in [2.24, 2.45) is 0 Å². The Balaban J connectivity index is 1.48. The third-order valence-corrected chi connectivity index (χ3v) is 9.46. The Labute approximate surface area is 251 Å². The second kappa shape index (κ2) is 13.3. The molecule has 1 saturated heterocycles. The molecule has 1 unspecified atom stereocenters. The van der Waals surface area contributed by atoms with Crippen molar-refractivity contribution < 1.29 is 37.9 Å². The van der Waals surface area contributed by atoms with Crippen LogP contribution in [0.25, 0.3) is 0 Å². The molecule has 1 heterocycles. The molecule has 1 fully saturated rings. The van der Waals surface area contributed by atoms with Gasteiger partial charge in [-0.15, -0.1) is 0 Å². The normalized spacial score (nSPS) is 21.4. The number of phenols is 1. The Morgan fingerprint density at radius 2 is 1.58 bits per heavy atom. The largest absolute Gasteiger partial charge is 0.508 e. The van der Waals surface area contributed by atoms with Gasteiger partial charge in [-0.25, -0.2) is 19.4 Å². The first-order valence-corrected chi connectivity index (χ1v) is 16.0. The summed E-state index contributed by atoms with van der Waals surface area (Å²) in [5, 5.41) is 16.0. The van der Waals surface area contributed by atoms with Crippen LogP contribution in [0.4, 0.5) is 4.39 Å².